The number of carbonyl (C=O) groups is 1. The molecule has 6 heavy (non-hydrogen) atoms. The summed E-state index contributed by atoms with van der Waals surface area (Å²) in [5.41, 5.74) is 0. The van der Waals surface area contributed by atoms with Crippen LogP contribution in [0.4, 0.5) is 4.79 Å². The standard InChI is InChI=1S/CH2O3.Gd.H2O/c2-1(3)4;;/h(H2,2,3,4);;1H2/q;+3;/p-3. The summed E-state index contributed by atoms with van der Waals surface area (Å²) < 4.78 is 0. The fourth-order valence-electron chi connectivity index (χ4n) is 0. The van der Waals surface area contributed by atoms with Crippen LogP contribution in [-0.4, -0.2) is 11.6 Å². The SMILES string of the molecule is O=C([O-])[O-].[Gd+3].[OH-]. The smallest absolute Gasteiger partial charge is 0.870 e. The molecule has 0 fully saturated rings. The average molecular weight is 234 g/mol. The molecule has 0 saturated carbocycles. The summed E-state index contributed by atoms with van der Waals surface area (Å²) in [5.74, 6) is 0. The fourth-order valence-corrected chi connectivity index (χ4v) is 0. The number of carboxylic acid groups (broad SMARTS) is 2. The largest absolute Gasteiger partial charge is 3.00 e. The molecule has 0 atom stereocenters. The summed E-state index contributed by atoms with van der Waals surface area (Å²) in [6.45, 7) is 0. The van der Waals surface area contributed by atoms with Crippen molar-refractivity contribution in [3.8, 4) is 0 Å². The topological polar surface area (TPSA) is 93.2 Å². The predicted molar refractivity (Wildman–Crippen MR) is 7.33 cm³/mol. The van der Waals surface area contributed by atoms with E-state index in [0.29, 0.717) is 0 Å². The summed E-state index contributed by atoms with van der Waals surface area (Å²) in [4.78, 5) is 8.33. The van der Waals surface area contributed by atoms with Crippen molar-refractivity contribution in [2.24, 2.45) is 0 Å². The first kappa shape index (κ1) is 16.0. The van der Waals surface area contributed by atoms with Gasteiger partial charge < -0.3 is 20.5 Å². The Hall–Kier alpha value is 0.555. The molecular weight excluding hydrogens is 233 g/mol. The Morgan fingerprint density at radius 2 is 1.33 bits per heavy atom. The minimum atomic E-state index is -2.33. The maximum atomic E-state index is 8.33. The minimum absolute atomic E-state index is 0. The van der Waals surface area contributed by atoms with Crippen molar-refractivity contribution in [2.75, 3.05) is 0 Å². The Labute approximate surface area is 66.2 Å². The van der Waals surface area contributed by atoms with E-state index in [-0.39, 0.29) is 45.4 Å². The van der Waals surface area contributed by atoms with Gasteiger partial charge in [-0.15, -0.1) is 0 Å². The first-order valence-electron chi connectivity index (χ1n) is 0.612. The van der Waals surface area contributed by atoms with E-state index in [9.17, 15) is 0 Å². The summed E-state index contributed by atoms with van der Waals surface area (Å²) in [5, 5.41) is 16.7. The van der Waals surface area contributed by atoms with E-state index in [1.54, 1.807) is 0 Å². The van der Waals surface area contributed by atoms with Gasteiger partial charge in [0.1, 0.15) is 0 Å². The van der Waals surface area contributed by atoms with Gasteiger partial charge in [-0.3, -0.25) is 0 Å². The zero-order valence-electron chi connectivity index (χ0n) is 2.53. The van der Waals surface area contributed by atoms with E-state index in [1.165, 1.54) is 0 Å². The Kier molecular flexibility index (Phi) is 24.3. The van der Waals surface area contributed by atoms with Crippen LogP contribution in [0.15, 0.2) is 0 Å². The van der Waals surface area contributed by atoms with Crippen molar-refractivity contribution in [1.29, 1.82) is 0 Å². The Morgan fingerprint density at radius 1 is 1.33 bits per heavy atom. The maximum absolute atomic E-state index is 8.33. The zero-order valence-corrected chi connectivity index (χ0v) is 4.79. The molecule has 0 bridgehead atoms. The molecule has 0 aromatic carbocycles. The number of rotatable bonds is 0. The minimum Gasteiger partial charge on any atom is -0.870 e. The van der Waals surface area contributed by atoms with Crippen molar-refractivity contribution in [3.05, 3.63) is 0 Å². The van der Waals surface area contributed by atoms with Crippen molar-refractivity contribution in [2.45, 2.75) is 0 Å². The predicted octanol–water partition coefficient (Wildman–Crippen LogP) is -2.62. The van der Waals surface area contributed by atoms with Crippen LogP contribution < -0.4 is 10.2 Å². The van der Waals surface area contributed by atoms with E-state index in [1.807, 2.05) is 0 Å². The third-order valence-electron chi connectivity index (χ3n) is 0. The second-order valence-electron chi connectivity index (χ2n) is 0.250. The van der Waals surface area contributed by atoms with E-state index in [0.717, 1.165) is 0 Å². The van der Waals surface area contributed by atoms with Crippen molar-refractivity contribution in [3.63, 3.8) is 0 Å². The third-order valence-corrected chi connectivity index (χ3v) is 0. The van der Waals surface area contributed by atoms with Crippen LogP contribution in [0.1, 0.15) is 0 Å². The Morgan fingerprint density at radius 3 is 1.33 bits per heavy atom. The molecule has 0 heterocycles. The summed E-state index contributed by atoms with van der Waals surface area (Å²) >= 11 is 0. The van der Waals surface area contributed by atoms with Crippen LogP contribution in [-0.2, 0) is 0 Å². The van der Waals surface area contributed by atoms with Gasteiger partial charge in [-0.1, -0.05) is 0 Å². The van der Waals surface area contributed by atoms with Gasteiger partial charge in [0.05, 0.1) is 0 Å². The molecule has 0 aromatic heterocycles. The van der Waals surface area contributed by atoms with E-state index >= 15 is 0 Å². The van der Waals surface area contributed by atoms with Crippen molar-refractivity contribution >= 4 is 6.16 Å². The van der Waals surface area contributed by atoms with Crippen LogP contribution in [0.5, 0.6) is 0 Å². The zero-order chi connectivity index (χ0) is 3.58. The quantitative estimate of drug-likeness (QED) is 0.458. The summed E-state index contributed by atoms with van der Waals surface area (Å²) in [6.07, 6.45) is -2.33. The van der Waals surface area contributed by atoms with E-state index in [2.05, 4.69) is 0 Å². The van der Waals surface area contributed by atoms with Gasteiger partial charge in [-0.05, 0) is 6.16 Å². The normalized spacial score (nSPS) is 4.00. The first-order chi connectivity index (χ1) is 1.73. The molecule has 37 valence electrons. The molecule has 5 heteroatoms. The van der Waals surface area contributed by atoms with E-state index < -0.39 is 6.16 Å². The monoisotopic (exact) mass is 235 g/mol. The van der Waals surface area contributed by atoms with Gasteiger partial charge in [-0.25, -0.2) is 0 Å². The number of carbonyl (C=O) groups excluding carboxylic acids is 1. The molecule has 4 nitrogen and oxygen atoms in total. The van der Waals surface area contributed by atoms with Crippen molar-refractivity contribution < 1.29 is 60.4 Å². The maximum Gasteiger partial charge on any atom is 3.00 e. The molecule has 0 rings (SSSR count). The fraction of sp³-hybridized carbons (Fsp3) is 0. The molecule has 1 radical (unpaired) electrons. The van der Waals surface area contributed by atoms with Gasteiger partial charge in [0.15, 0.2) is 0 Å². The molecule has 0 aliphatic heterocycles. The Bertz CT molecular complexity index is 30.5. The molecular formula is CHGdO4. The number of hydrogen-bond donors (Lipinski definition) is 0. The molecule has 0 aromatic rings. The van der Waals surface area contributed by atoms with Gasteiger partial charge in [0, 0.05) is 0 Å². The average Bonchev–Trinajstić information content (AvgIpc) is 0.811. The molecule has 0 saturated heterocycles. The summed E-state index contributed by atoms with van der Waals surface area (Å²) in [7, 11) is 0. The second kappa shape index (κ2) is 9.12. The van der Waals surface area contributed by atoms with Gasteiger partial charge in [-0.2, -0.15) is 0 Å². The first-order valence-corrected chi connectivity index (χ1v) is 0.612. The van der Waals surface area contributed by atoms with Gasteiger partial charge in [0.2, 0.25) is 0 Å². The van der Waals surface area contributed by atoms with Crippen LogP contribution in [0.2, 0.25) is 0 Å². The molecule has 0 aliphatic rings. The molecule has 0 amide bonds. The number of hydrogen-bond acceptors (Lipinski definition) is 4. The molecule has 1 N–H and O–H groups in total. The van der Waals surface area contributed by atoms with Gasteiger partial charge in [0.25, 0.3) is 0 Å². The molecule has 0 aliphatic carbocycles. The van der Waals surface area contributed by atoms with Crippen molar-refractivity contribution in [1.82, 2.24) is 0 Å². The van der Waals surface area contributed by atoms with Crippen LogP contribution >= 0.6 is 0 Å². The second-order valence-corrected chi connectivity index (χ2v) is 0.250. The summed E-state index contributed by atoms with van der Waals surface area (Å²) in [6, 6.07) is 0. The van der Waals surface area contributed by atoms with Crippen LogP contribution in [0.3, 0.4) is 0 Å². The molecule has 0 unspecified atom stereocenters. The Balaban J connectivity index is -0.0000000450. The third kappa shape index (κ3) is 187. The van der Waals surface area contributed by atoms with Crippen LogP contribution in [0.25, 0.3) is 0 Å². The van der Waals surface area contributed by atoms with Crippen LogP contribution in [0, 0.1) is 39.9 Å². The van der Waals surface area contributed by atoms with E-state index in [4.69, 9.17) is 15.0 Å². The molecule has 0 spiro atoms. The van der Waals surface area contributed by atoms with Gasteiger partial charge >= 0.3 is 39.9 Å².